The number of amides is 1. The number of nitrogens with one attached hydrogen (secondary N) is 1. The van der Waals surface area contributed by atoms with Crippen molar-refractivity contribution in [1.29, 1.82) is 0 Å². The van der Waals surface area contributed by atoms with Crippen molar-refractivity contribution >= 4 is 29.7 Å². The normalized spacial score (nSPS) is 15.8. The van der Waals surface area contributed by atoms with Gasteiger partial charge in [0.25, 0.3) is 0 Å². The fourth-order valence-corrected chi connectivity index (χ4v) is 4.32. The molecular weight excluding hydrogens is 436 g/mol. The van der Waals surface area contributed by atoms with Gasteiger partial charge in [0.15, 0.2) is 10.6 Å². The Labute approximate surface area is 190 Å². The van der Waals surface area contributed by atoms with E-state index < -0.39 is 0 Å². The summed E-state index contributed by atoms with van der Waals surface area (Å²) in [4.78, 5) is 15.3. The molecule has 2 heterocycles. The average molecular weight is 459 g/mol. The van der Waals surface area contributed by atoms with Gasteiger partial charge in [-0.2, -0.15) is 5.10 Å². The summed E-state index contributed by atoms with van der Waals surface area (Å²) in [5.41, 5.74) is 1.78. The number of halogens is 1. The summed E-state index contributed by atoms with van der Waals surface area (Å²) in [7, 11) is 3.26. The van der Waals surface area contributed by atoms with Crippen molar-refractivity contribution < 1.29 is 14.3 Å². The second-order valence-corrected chi connectivity index (χ2v) is 8.12. The molecule has 0 radical (unpaired) electrons. The summed E-state index contributed by atoms with van der Waals surface area (Å²) >= 11 is 11.4. The van der Waals surface area contributed by atoms with Crippen molar-refractivity contribution in [2.75, 3.05) is 20.8 Å². The lowest BCUT2D eigenvalue weighted by atomic mass is 10.0. The number of rotatable bonds is 6. The van der Waals surface area contributed by atoms with E-state index in [1.807, 2.05) is 35.2 Å². The first-order chi connectivity index (χ1) is 15.0. The molecule has 31 heavy (non-hydrogen) atoms. The SMILES string of the molecule is COc1ccc(OC)c([C@H]2CCCN2C(=O)Cn2c(-c3ccc(Cl)cc3)n[nH]c2=S)c1. The number of methoxy groups -OCH3 is 2. The Kier molecular flexibility index (Phi) is 6.29. The second-order valence-electron chi connectivity index (χ2n) is 7.30. The van der Waals surface area contributed by atoms with Gasteiger partial charge in [0, 0.05) is 22.7 Å². The fraction of sp³-hybridized carbons (Fsp3) is 0.318. The summed E-state index contributed by atoms with van der Waals surface area (Å²) in [5, 5.41) is 7.75. The molecule has 1 amide bonds. The van der Waals surface area contributed by atoms with Gasteiger partial charge in [-0.1, -0.05) is 11.6 Å². The number of aromatic amines is 1. The topological polar surface area (TPSA) is 72.4 Å². The molecule has 0 spiro atoms. The van der Waals surface area contributed by atoms with E-state index in [0.717, 1.165) is 35.5 Å². The van der Waals surface area contributed by atoms with E-state index >= 15 is 0 Å². The van der Waals surface area contributed by atoms with E-state index in [9.17, 15) is 4.79 Å². The van der Waals surface area contributed by atoms with Crippen LogP contribution in [0.25, 0.3) is 11.4 Å². The number of likely N-dealkylation sites (tertiary alicyclic amines) is 1. The van der Waals surface area contributed by atoms with Crippen molar-refractivity contribution in [3.05, 3.63) is 57.8 Å². The highest BCUT2D eigenvalue weighted by Gasteiger charge is 2.32. The fourth-order valence-electron chi connectivity index (χ4n) is 4.00. The van der Waals surface area contributed by atoms with Gasteiger partial charge in [-0.3, -0.25) is 14.5 Å². The first kappa shape index (κ1) is 21.4. The van der Waals surface area contributed by atoms with Crippen LogP contribution in [0.1, 0.15) is 24.4 Å². The number of benzene rings is 2. The molecule has 1 aliphatic heterocycles. The van der Waals surface area contributed by atoms with Gasteiger partial charge in [-0.05, 0) is 67.5 Å². The predicted octanol–water partition coefficient (Wildman–Crippen LogP) is 4.64. The zero-order valence-electron chi connectivity index (χ0n) is 17.3. The van der Waals surface area contributed by atoms with Crippen molar-refractivity contribution in [1.82, 2.24) is 19.7 Å². The van der Waals surface area contributed by atoms with Crippen LogP contribution >= 0.6 is 23.8 Å². The van der Waals surface area contributed by atoms with Crippen LogP contribution in [0.5, 0.6) is 11.5 Å². The number of aromatic nitrogens is 3. The third kappa shape index (κ3) is 4.31. The van der Waals surface area contributed by atoms with Crippen molar-refractivity contribution in [3.63, 3.8) is 0 Å². The molecule has 1 fully saturated rings. The maximum atomic E-state index is 13.4. The minimum Gasteiger partial charge on any atom is -0.497 e. The predicted molar refractivity (Wildman–Crippen MR) is 121 cm³/mol. The standard InChI is InChI=1S/C22H23ClN4O3S/c1-29-16-9-10-19(30-2)17(12-16)18-4-3-11-26(18)20(28)13-27-21(24-25-22(27)31)14-5-7-15(23)8-6-14/h5-10,12,18H,3-4,11,13H2,1-2H3,(H,25,31)/t18-/m1/s1. The number of nitrogens with zero attached hydrogens (tertiary/aromatic N) is 3. The van der Waals surface area contributed by atoms with Crippen LogP contribution in [-0.2, 0) is 11.3 Å². The summed E-state index contributed by atoms with van der Waals surface area (Å²) in [6.45, 7) is 0.765. The van der Waals surface area contributed by atoms with Crippen LogP contribution in [0, 0.1) is 4.77 Å². The van der Waals surface area contributed by atoms with E-state index in [1.54, 1.807) is 30.9 Å². The largest absolute Gasteiger partial charge is 0.497 e. The van der Waals surface area contributed by atoms with Crippen LogP contribution in [0.4, 0.5) is 0 Å². The van der Waals surface area contributed by atoms with Gasteiger partial charge in [-0.15, -0.1) is 0 Å². The van der Waals surface area contributed by atoms with Gasteiger partial charge in [-0.25, -0.2) is 0 Å². The van der Waals surface area contributed by atoms with Gasteiger partial charge < -0.3 is 14.4 Å². The lowest BCUT2D eigenvalue weighted by Gasteiger charge is -2.27. The van der Waals surface area contributed by atoms with Gasteiger partial charge in [0.1, 0.15) is 18.0 Å². The first-order valence-corrected chi connectivity index (χ1v) is 10.7. The Bertz CT molecular complexity index is 1140. The molecule has 2 aromatic carbocycles. The van der Waals surface area contributed by atoms with Crippen LogP contribution in [0.15, 0.2) is 42.5 Å². The van der Waals surface area contributed by atoms with Gasteiger partial charge >= 0.3 is 0 Å². The van der Waals surface area contributed by atoms with Gasteiger partial charge in [0.2, 0.25) is 5.91 Å². The minimum absolute atomic E-state index is 0.0277. The lowest BCUT2D eigenvalue weighted by Crippen LogP contribution is -2.33. The molecule has 1 saturated heterocycles. The monoisotopic (exact) mass is 458 g/mol. The Morgan fingerprint density at radius 1 is 1.23 bits per heavy atom. The number of hydrogen-bond donors (Lipinski definition) is 1. The van der Waals surface area contributed by atoms with E-state index in [0.29, 0.717) is 22.2 Å². The van der Waals surface area contributed by atoms with E-state index in [2.05, 4.69) is 10.2 Å². The van der Waals surface area contributed by atoms with Gasteiger partial charge in [0.05, 0.1) is 20.3 Å². The van der Waals surface area contributed by atoms with Crippen LogP contribution < -0.4 is 9.47 Å². The highest BCUT2D eigenvalue weighted by Crippen LogP contribution is 2.39. The quantitative estimate of drug-likeness (QED) is 0.545. The Balaban J connectivity index is 1.62. The number of ether oxygens (including phenoxy) is 2. The van der Waals surface area contributed by atoms with E-state index in [-0.39, 0.29) is 18.5 Å². The Morgan fingerprint density at radius 3 is 2.71 bits per heavy atom. The smallest absolute Gasteiger partial charge is 0.243 e. The Hall–Kier alpha value is -2.84. The first-order valence-electron chi connectivity index (χ1n) is 9.94. The molecule has 162 valence electrons. The van der Waals surface area contributed by atoms with Crippen molar-refractivity contribution in [2.45, 2.75) is 25.4 Å². The molecule has 0 unspecified atom stereocenters. The molecule has 0 saturated carbocycles. The summed E-state index contributed by atoms with van der Waals surface area (Å²) in [6, 6.07) is 12.9. The second kappa shape index (κ2) is 9.11. The average Bonchev–Trinajstić information content (AvgIpc) is 3.41. The van der Waals surface area contributed by atoms with Crippen molar-refractivity contribution in [3.8, 4) is 22.9 Å². The molecule has 0 bridgehead atoms. The number of carbonyl (C=O) groups is 1. The molecule has 4 rings (SSSR count). The van der Waals surface area contributed by atoms with E-state index in [4.69, 9.17) is 33.3 Å². The van der Waals surface area contributed by atoms with Crippen LogP contribution in [0.2, 0.25) is 5.02 Å². The molecule has 1 aliphatic rings. The molecule has 0 aliphatic carbocycles. The molecule has 7 nitrogen and oxygen atoms in total. The molecular formula is C22H23ClN4O3S. The summed E-state index contributed by atoms with van der Waals surface area (Å²) in [5.74, 6) is 2.05. The number of hydrogen-bond acceptors (Lipinski definition) is 5. The molecule has 1 aromatic heterocycles. The highest BCUT2D eigenvalue weighted by atomic mass is 35.5. The molecule has 1 atom stereocenters. The summed E-state index contributed by atoms with van der Waals surface area (Å²) < 4.78 is 13.1. The molecule has 1 N–H and O–H groups in total. The van der Waals surface area contributed by atoms with Crippen LogP contribution in [0.3, 0.4) is 0 Å². The zero-order chi connectivity index (χ0) is 22.0. The van der Waals surface area contributed by atoms with Crippen molar-refractivity contribution in [2.24, 2.45) is 0 Å². The lowest BCUT2D eigenvalue weighted by molar-refractivity contribution is -0.132. The van der Waals surface area contributed by atoms with Crippen LogP contribution in [-0.4, -0.2) is 46.3 Å². The zero-order valence-corrected chi connectivity index (χ0v) is 18.9. The third-order valence-electron chi connectivity index (χ3n) is 5.52. The maximum absolute atomic E-state index is 13.4. The molecule has 9 heteroatoms. The minimum atomic E-state index is -0.0856. The number of H-pyrrole nitrogens is 1. The number of carbonyl (C=O) groups excluding carboxylic acids is 1. The molecule has 3 aromatic rings. The maximum Gasteiger partial charge on any atom is 0.243 e. The van der Waals surface area contributed by atoms with E-state index in [1.165, 1.54) is 0 Å². The third-order valence-corrected chi connectivity index (χ3v) is 6.09. The summed E-state index contributed by atoms with van der Waals surface area (Å²) in [6.07, 6.45) is 1.77. The highest BCUT2D eigenvalue weighted by molar-refractivity contribution is 7.71. The Morgan fingerprint density at radius 2 is 2.00 bits per heavy atom.